The molecule has 0 unspecified atom stereocenters. The summed E-state index contributed by atoms with van der Waals surface area (Å²) in [6.07, 6.45) is 4.18. The van der Waals surface area contributed by atoms with E-state index in [9.17, 15) is 9.18 Å². The Morgan fingerprint density at radius 3 is 2.80 bits per heavy atom. The van der Waals surface area contributed by atoms with Crippen LogP contribution >= 0.6 is 0 Å². The van der Waals surface area contributed by atoms with Crippen LogP contribution in [-0.4, -0.2) is 21.3 Å². The fourth-order valence-electron chi connectivity index (χ4n) is 1.42. The third kappa shape index (κ3) is 4.63. The smallest absolute Gasteiger partial charge is 0.303 e. The van der Waals surface area contributed by atoms with Crippen molar-refractivity contribution in [2.75, 3.05) is 0 Å². The molecule has 0 saturated carbocycles. The van der Waals surface area contributed by atoms with Gasteiger partial charge in [-0.05, 0) is 31.9 Å². The second kappa shape index (κ2) is 4.47. The van der Waals surface area contributed by atoms with Crippen LogP contribution in [-0.2, 0) is 17.8 Å². The van der Waals surface area contributed by atoms with Crippen LogP contribution in [0.2, 0.25) is 0 Å². The first-order chi connectivity index (χ1) is 6.87. The molecule has 0 aliphatic rings. The maximum atomic E-state index is 13.3. The highest BCUT2D eigenvalue weighted by molar-refractivity contribution is 5.67. The summed E-state index contributed by atoms with van der Waals surface area (Å²) in [5.41, 5.74) is -0.315. The maximum absolute atomic E-state index is 13.3. The number of hydrogen-bond acceptors (Lipinski definition) is 1. The van der Waals surface area contributed by atoms with Crippen molar-refractivity contribution in [1.29, 1.82) is 0 Å². The zero-order chi connectivity index (χ0) is 11.5. The molecule has 15 heavy (non-hydrogen) atoms. The fraction of sp³-hybridized carbons (Fsp3) is 0.545. The van der Waals surface area contributed by atoms with Gasteiger partial charge in [0.1, 0.15) is 5.67 Å². The monoisotopic (exact) mass is 213 g/mol. The molecule has 3 nitrogen and oxygen atoms in total. The molecule has 84 valence electrons. The van der Waals surface area contributed by atoms with E-state index in [1.54, 1.807) is 17.0 Å². The summed E-state index contributed by atoms with van der Waals surface area (Å²) in [6.45, 7) is 3.33. The number of aliphatic carboxylic acids is 1. The minimum atomic E-state index is -1.25. The van der Waals surface area contributed by atoms with Gasteiger partial charge in [0.15, 0.2) is 0 Å². The van der Waals surface area contributed by atoms with Crippen molar-refractivity contribution >= 4 is 5.97 Å². The third-order valence-electron chi connectivity index (χ3n) is 2.00. The van der Waals surface area contributed by atoms with E-state index < -0.39 is 11.6 Å². The predicted octanol–water partition coefficient (Wildman–Crippen LogP) is 2.25. The van der Waals surface area contributed by atoms with Crippen molar-refractivity contribution in [3.63, 3.8) is 0 Å². The largest absolute Gasteiger partial charge is 0.481 e. The van der Waals surface area contributed by atoms with Crippen LogP contribution in [0.4, 0.5) is 4.39 Å². The minimum absolute atomic E-state index is 0.114. The molecule has 0 amide bonds. The van der Waals surface area contributed by atoms with E-state index in [4.69, 9.17) is 5.11 Å². The van der Waals surface area contributed by atoms with Gasteiger partial charge in [0.05, 0.1) is 6.54 Å². The van der Waals surface area contributed by atoms with E-state index in [0.717, 1.165) is 5.56 Å². The predicted molar refractivity (Wildman–Crippen MR) is 55.6 cm³/mol. The Morgan fingerprint density at radius 2 is 2.27 bits per heavy atom. The third-order valence-corrected chi connectivity index (χ3v) is 2.00. The van der Waals surface area contributed by atoms with Crippen molar-refractivity contribution in [2.24, 2.45) is 0 Å². The molecule has 4 heteroatoms. The van der Waals surface area contributed by atoms with Crippen molar-refractivity contribution in [3.8, 4) is 0 Å². The minimum Gasteiger partial charge on any atom is -0.481 e. The number of aromatic nitrogens is 1. The van der Waals surface area contributed by atoms with Gasteiger partial charge in [-0.2, -0.15) is 0 Å². The Morgan fingerprint density at radius 1 is 1.60 bits per heavy atom. The lowest BCUT2D eigenvalue weighted by atomic mass is 10.2. The molecular weight excluding hydrogens is 197 g/mol. The molecular formula is C11H16FNO2. The van der Waals surface area contributed by atoms with Crippen LogP contribution in [0.5, 0.6) is 0 Å². The fourth-order valence-corrected chi connectivity index (χ4v) is 1.42. The normalized spacial score (nSPS) is 11.7. The van der Waals surface area contributed by atoms with E-state index in [1.165, 1.54) is 13.8 Å². The molecule has 0 saturated heterocycles. The molecule has 1 aromatic rings. The van der Waals surface area contributed by atoms with Crippen LogP contribution in [0.15, 0.2) is 18.5 Å². The second-order valence-corrected chi connectivity index (χ2v) is 4.30. The molecule has 1 rings (SSSR count). The molecule has 0 atom stereocenters. The highest BCUT2D eigenvalue weighted by Gasteiger charge is 2.15. The highest BCUT2D eigenvalue weighted by Crippen LogP contribution is 2.13. The maximum Gasteiger partial charge on any atom is 0.303 e. The van der Waals surface area contributed by atoms with Crippen molar-refractivity contribution in [3.05, 3.63) is 24.0 Å². The van der Waals surface area contributed by atoms with Crippen LogP contribution in [0.3, 0.4) is 0 Å². The lowest BCUT2D eigenvalue weighted by molar-refractivity contribution is -0.136. The zero-order valence-corrected chi connectivity index (χ0v) is 9.03. The summed E-state index contributed by atoms with van der Waals surface area (Å²) in [7, 11) is 0. The Labute approximate surface area is 88.5 Å². The number of aryl methyl sites for hydroxylation is 1. The number of halogens is 1. The standard InChI is InChI=1S/C11H16FNO2/c1-11(2,12)8-13-6-5-9(7-13)3-4-10(14)15/h5-7H,3-4,8H2,1-2H3,(H,14,15). The SMILES string of the molecule is CC(C)(F)Cn1ccc(CCC(=O)O)c1. The van der Waals surface area contributed by atoms with E-state index in [0.29, 0.717) is 13.0 Å². The highest BCUT2D eigenvalue weighted by atomic mass is 19.1. The lowest BCUT2D eigenvalue weighted by Crippen LogP contribution is -2.19. The van der Waals surface area contributed by atoms with Gasteiger partial charge in [-0.3, -0.25) is 4.79 Å². The average molecular weight is 213 g/mol. The summed E-state index contributed by atoms with van der Waals surface area (Å²) in [5, 5.41) is 8.50. The number of alkyl halides is 1. The molecule has 0 aliphatic carbocycles. The van der Waals surface area contributed by atoms with E-state index in [1.807, 2.05) is 6.07 Å². The van der Waals surface area contributed by atoms with Gasteiger partial charge in [0.25, 0.3) is 0 Å². The molecule has 0 aromatic carbocycles. The van der Waals surface area contributed by atoms with Gasteiger partial charge in [0, 0.05) is 18.8 Å². The summed E-state index contributed by atoms with van der Waals surface area (Å²) in [5.74, 6) is -0.812. The van der Waals surface area contributed by atoms with Crippen molar-refractivity contribution in [2.45, 2.75) is 38.9 Å². The average Bonchev–Trinajstić information content (AvgIpc) is 2.45. The van der Waals surface area contributed by atoms with Crippen LogP contribution in [0.1, 0.15) is 25.8 Å². The van der Waals surface area contributed by atoms with Gasteiger partial charge in [-0.15, -0.1) is 0 Å². The number of hydrogen-bond donors (Lipinski definition) is 1. The topological polar surface area (TPSA) is 42.2 Å². The summed E-state index contributed by atoms with van der Waals surface area (Å²) < 4.78 is 15.0. The van der Waals surface area contributed by atoms with E-state index in [2.05, 4.69) is 0 Å². The van der Waals surface area contributed by atoms with Crippen LogP contribution in [0, 0.1) is 0 Å². The summed E-state index contributed by atoms with van der Waals surface area (Å²) in [4.78, 5) is 10.3. The Balaban J connectivity index is 2.53. The molecule has 0 spiro atoms. The molecule has 0 aliphatic heterocycles. The van der Waals surface area contributed by atoms with Gasteiger partial charge in [-0.25, -0.2) is 4.39 Å². The number of nitrogens with zero attached hydrogens (tertiary/aromatic N) is 1. The Bertz CT molecular complexity index is 339. The first kappa shape index (κ1) is 11.8. The number of carboxylic acid groups (broad SMARTS) is 1. The van der Waals surface area contributed by atoms with E-state index >= 15 is 0 Å². The second-order valence-electron chi connectivity index (χ2n) is 4.30. The molecule has 0 bridgehead atoms. The zero-order valence-electron chi connectivity index (χ0n) is 9.03. The summed E-state index contributed by atoms with van der Waals surface area (Å²) in [6, 6.07) is 1.83. The molecule has 1 heterocycles. The van der Waals surface area contributed by atoms with Gasteiger partial charge >= 0.3 is 5.97 Å². The van der Waals surface area contributed by atoms with Gasteiger partial charge in [0.2, 0.25) is 0 Å². The van der Waals surface area contributed by atoms with Gasteiger partial charge < -0.3 is 9.67 Å². The van der Waals surface area contributed by atoms with E-state index in [-0.39, 0.29) is 6.42 Å². The quantitative estimate of drug-likeness (QED) is 0.815. The summed E-state index contributed by atoms with van der Waals surface area (Å²) >= 11 is 0. The molecule has 1 N–H and O–H groups in total. The van der Waals surface area contributed by atoms with Crippen LogP contribution in [0.25, 0.3) is 0 Å². The first-order valence-corrected chi connectivity index (χ1v) is 4.92. The van der Waals surface area contributed by atoms with Crippen LogP contribution < -0.4 is 0 Å². The first-order valence-electron chi connectivity index (χ1n) is 4.92. The molecule has 0 fully saturated rings. The Kier molecular flexibility index (Phi) is 3.50. The van der Waals surface area contributed by atoms with Crippen molar-refractivity contribution in [1.82, 2.24) is 4.57 Å². The number of rotatable bonds is 5. The number of carbonyl (C=O) groups is 1. The molecule has 1 aromatic heterocycles. The molecule has 0 radical (unpaired) electrons. The lowest BCUT2D eigenvalue weighted by Gasteiger charge is -2.14. The van der Waals surface area contributed by atoms with Crippen molar-refractivity contribution < 1.29 is 14.3 Å². The van der Waals surface area contributed by atoms with Gasteiger partial charge in [-0.1, -0.05) is 0 Å². The Hall–Kier alpha value is -1.32. The number of carboxylic acids is 1.